The summed E-state index contributed by atoms with van der Waals surface area (Å²) in [6, 6.07) is 2.04. The van der Waals surface area contributed by atoms with Gasteiger partial charge in [-0.2, -0.15) is 0 Å². The van der Waals surface area contributed by atoms with Gasteiger partial charge in [-0.25, -0.2) is 0 Å². The maximum Gasteiger partial charge on any atom is 0.308 e. The molecule has 4 nitrogen and oxygen atoms in total. The Hall–Kier alpha value is -1.58. The number of methoxy groups -OCH3 is 1. The Balaban J connectivity index is 2.00. The highest BCUT2D eigenvalue weighted by Gasteiger charge is 2.26. The Morgan fingerprint density at radius 1 is 1.47 bits per heavy atom. The van der Waals surface area contributed by atoms with Crippen molar-refractivity contribution in [2.24, 2.45) is 5.92 Å². The largest absolute Gasteiger partial charge is 0.469 e. The normalized spacial score (nSPS) is 16.9. The minimum atomic E-state index is -0.0731. The summed E-state index contributed by atoms with van der Waals surface area (Å²) in [4.78, 5) is 17.8. The molecule has 0 saturated carbocycles. The van der Waals surface area contributed by atoms with Crippen LogP contribution in [0.3, 0.4) is 0 Å². The van der Waals surface area contributed by atoms with Crippen LogP contribution in [0, 0.1) is 12.8 Å². The van der Waals surface area contributed by atoms with Crippen LogP contribution < -0.4 is 4.90 Å². The molecule has 0 aromatic carbocycles. The third kappa shape index (κ3) is 2.57. The van der Waals surface area contributed by atoms with Crippen molar-refractivity contribution in [3.05, 3.63) is 24.0 Å². The van der Waals surface area contributed by atoms with Gasteiger partial charge in [-0.1, -0.05) is 0 Å². The maximum atomic E-state index is 11.4. The number of pyridine rings is 1. The van der Waals surface area contributed by atoms with E-state index in [1.807, 2.05) is 18.5 Å². The second-order valence-electron chi connectivity index (χ2n) is 4.45. The van der Waals surface area contributed by atoms with Crippen molar-refractivity contribution in [3.63, 3.8) is 0 Å². The predicted octanol–water partition coefficient (Wildman–Crippen LogP) is 1.78. The quantitative estimate of drug-likeness (QED) is 0.731. The highest BCUT2D eigenvalue weighted by molar-refractivity contribution is 5.72. The molecule has 0 unspecified atom stereocenters. The molecule has 92 valence electrons. The molecule has 0 spiro atoms. The highest BCUT2D eigenvalue weighted by Crippen LogP contribution is 2.25. The van der Waals surface area contributed by atoms with E-state index in [2.05, 4.69) is 16.8 Å². The summed E-state index contributed by atoms with van der Waals surface area (Å²) in [6.07, 6.45) is 5.43. The average molecular weight is 234 g/mol. The molecule has 2 heterocycles. The van der Waals surface area contributed by atoms with Gasteiger partial charge in [-0.05, 0) is 31.4 Å². The Morgan fingerprint density at radius 3 is 2.76 bits per heavy atom. The van der Waals surface area contributed by atoms with Crippen LogP contribution in [-0.4, -0.2) is 31.2 Å². The van der Waals surface area contributed by atoms with Crippen LogP contribution in [0.25, 0.3) is 0 Å². The van der Waals surface area contributed by atoms with E-state index in [1.165, 1.54) is 18.4 Å². The third-order valence-corrected chi connectivity index (χ3v) is 3.36. The molecule has 17 heavy (non-hydrogen) atoms. The van der Waals surface area contributed by atoms with Gasteiger partial charge in [0, 0.05) is 31.2 Å². The SMILES string of the molecule is COC(=O)C1CCN(c2ccncc2C)CC1. The fourth-order valence-corrected chi connectivity index (χ4v) is 2.34. The van der Waals surface area contributed by atoms with Crippen molar-refractivity contribution in [2.75, 3.05) is 25.1 Å². The Kier molecular flexibility index (Phi) is 3.61. The predicted molar refractivity (Wildman–Crippen MR) is 65.9 cm³/mol. The van der Waals surface area contributed by atoms with E-state index in [1.54, 1.807) is 0 Å². The highest BCUT2D eigenvalue weighted by atomic mass is 16.5. The molecule has 0 amide bonds. The van der Waals surface area contributed by atoms with Gasteiger partial charge in [-0.3, -0.25) is 9.78 Å². The van der Waals surface area contributed by atoms with Gasteiger partial charge >= 0.3 is 5.97 Å². The number of anilines is 1. The first kappa shape index (κ1) is 11.9. The van der Waals surface area contributed by atoms with Crippen molar-refractivity contribution < 1.29 is 9.53 Å². The van der Waals surface area contributed by atoms with Crippen molar-refractivity contribution in [1.82, 2.24) is 4.98 Å². The molecule has 1 aliphatic rings. The zero-order valence-electron chi connectivity index (χ0n) is 10.3. The van der Waals surface area contributed by atoms with E-state index in [0.717, 1.165) is 25.9 Å². The Labute approximate surface area is 102 Å². The molecule has 4 heteroatoms. The third-order valence-electron chi connectivity index (χ3n) is 3.36. The molecule has 0 aliphatic carbocycles. The lowest BCUT2D eigenvalue weighted by atomic mass is 9.96. The molecule has 1 saturated heterocycles. The zero-order chi connectivity index (χ0) is 12.3. The standard InChI is InChI=1S/C13H18N2O2/c1-10-9-14-6-3-12(10)15-7-4-11(5-8-15)13(16)17-2/h3,6,9,11H,4-5,7-8H2,1-2H3. The van der Waals surface area contributed by atoms with Crippen molar-refractivity contribution in [1.29, 1.82) is 0 Å². The fraction of sp³-hybridized carbons (Fsp3) is 0.538. The van der Waals surface area contributed by atoms with Crippen molar-refractivity contribution in [3.8, 4) is 0 Å². The molecule has 0 radical (unpaired) electrons. The first-order valence-corrected chi connectivity index (χ1v) is 5.95. The molecular formula is C13H18N2O2. The summed E-state index contributed by atoms with van der Waals surface area (Å²) < 4.78 is 4.79. The zero-order valence-corrected chi connectivity index (χ0v) is 10.3. The Morgan fingerprint density at radius 2 is 2.18 bits per heavy atom. The van der Waals surface area contributed by atoms with E-state index in [-0.39, 0.29) is 11.9 Å². The van der Waals surface area contributed by atoms with Crippen LogP contribution in [0.5, 0.6) is 0 Å². The Bertz CT molecular complexity index is 398. The van der Waals surface area contributed by atoms with Crippen LogP contribution in [0.1, 0.15) is 18.4 Å². The molecule has 2 rings (SSSR count). The summed E-state index contributed by atoms with van der Waals surface area (Å²) in [5.41, 5.74) is 2.41. The van der Waals surface area contributed by atoms with Gasteiger partial charge in [0.1, 0.15) is 0 Å². The lowest BCUT2D eigenvalue weighted by molar-refractivity contribution is -0.146. The number of aromatic nitrogens is 1. The second kappa shape index (κ2) is 5.17. The van der Waals surface area contributed by atoms with Gasteiger partial charge in [0.2, 0.25) is 0 Å². The van der Waals surface area contributed by atoms with E-state index in [9.17, 15) is 4.79 Å². The molecule has 0 atom stereocenters. The molecule has 1 fully saturated rings. The summed E-state index contributed by atoms with van der Waals surface area (Å²) >= 11 is 0. The number of ether oxygens (including phenoxy) is 1. The second-order valence-corrected chi connectivity index (χ2v) is 4.45. The summed E-state index contributed by atoms with van der Waals surface area (Å²) in [6.45, 7) is 3.88. The summed E-state index contributed by atoms with van der Waals surface area (Å²) in [5, 5.41) is 0. The topological polar surface area (TPSA) is 42.4 Å². The monoisotopic (exact) mass is 234 g/mol. The summed E-state index contributed by atoms with van der Waals surface area (Å²) in [5.74, 6) is -0.00510. The van der Waals surface area contributed by atoms with E-state index >= 15 is 0 Å². The minimum Gasteiger partial charge on any atom is -0.469 e. The maximum absolute atomic E-state index is 11.4. The molecule has 1 aliphatic heterocycles. The van der Waals surface area contributed by atoms with Gasteiger partial charge in [0.25, 0.3) is 0 Å². The minimum absolute atomic E-state index is 0.0680. The van der Waals surface area contributed by atoms with E-state index < -0.39 is 0 Å². The number of hydrogen-bond donors (Lipinski definition) is 0. The smallest absolute Gasteiger partial charge is 0.308 e. The van der Waals surface area contributed by atoms with Crippen LogP contribution in [0.4, 0.5) is 5.69 Å². The lowest BCUT2D eigenvalue weighted by Crippen LogP contribution is -2.37. The van der Waals surface area contributed by atoms with Crippen LogP contribution >= 0.6 is 0 Å². The van der Waals surface area contributed by atoms with Gasteiger partial charge in [0.15, 0.2) is 0 Å². The molecule has 1 aromatic rings. The summed E-state index contributed by atoms with van der Waals surface area (Å²) in [7, 11) is 1.46. The van der Waals surface area contributed by atoms with Crippen molar-refractivity contribution >= 4 is 11.7 Å². The lowest BCUT2D eigenvalue weighted by Gasteiger charge is -2.33. The van der Waals surface area contributed by atoms with Crippen LogP contribution in [0.2, 0.25) is 0 Å². The molecule has 0 bridgehead atoms. The fourth-order valence-electron chi connectivity index (χ4n) is 2.34. The van der Waals surface area contributed by atoms with Crippen molar-refractivity contribution in [2.45, 2.75) is 19.8 Å². The number of hydrogen-bond acceptors (Lipinski definition) is 4. The van der Waals surface area contributed by atoms with E-state index in [4.69, 9.17) is 4.74 Å². The van der Waals surface area contributed by atoms with Crippen LogP contribution in [0.15, 0.2) is 18.5 Å². The first-order valence-electron chi connectivity index (χ1n) is 5.95. The average Bonchev–Trinajstić information content (AvgIpc) is 2.39. The first-order chi connectivity index (χ1) is 8.22. The number of aryl methyl sites for hydroxylation is 1. The van der Waals surface area contributed by atoms with Gasteiger partial charge < -0.3 is 9.64 Å². The van der Waals surface area contributed by atoms with Gasteiger partial charge in [0.05, 0.1) is 13.0 Å². The molecule has 0 N–H and O–H groups in total. The number of nitrogens with zero attached hydrogens (tertiary/aromatic N) is 2. The van der Waals surface area contributed by atoms with Gasteiger partial charge in [-0.15, -0.1) is 0 Å². The van der Waals surface area contributed by atoms with Crippen LogP contribution in [-0.2, 0) is 9.53 Å². The number of rotatable bonds is 2. The molecule has 1 aromatic heterocycles. The van der Waals surface area contributed by atoms with E-state index in [0.29, 0.717) is 0 Å². The number of carbonyl (C=O) groups excluding carboxylic acids is 1. The molecular weight excluding hydrogens is 216 g/mol. The number of carbonyl (C=O) groups is 1. The number of piperidine rings is 1. The number of esters is 1.